The maximum Gasteiger partial charge on any atom is 0.0719 e. The molecule has 3 heteroatoms. The van der Waals surface area contributed by atoms with Crippen molar-refractivity contribution < 1.29 is 9.84 Å². The predicted octanol–water partition coefficient (Wildman–Crippen LogP) is 0.925. The molecule has 1 heterocycles. The Kier molecular flexibility index (Phi) is 2.78. The Labute approximate surface area is 89.9 Å². The van der Waals surface area contributed by atoms with Gasteiger partial charge < -0.3 is 15.6 Å². The number of hydrogen-bond acceptors (Lipinski definition) is 3. The first-order valence-electron chi connectivity index (χ1n) is 5.23. The van der Waals surface area contributed by atoms with Crippen molar-refractivity contribution in [2.24, 2.45) is 5.73 Å². The fourth-order valence-electron chi connectivity index (χ4n) is 1.81. The molecule has 15 heavy (non-hydrogen) atoms. The number of benzene rings is 1. The molecular formula is C12H17NO2. The molecule has 0 spiro atoms. The van der Waals surface area contributed by atoms with Crippen molar-refractivity contribution in [2.75, 3.05) is 13.2 Å². The molecule has 3 N–H and O–H groups in total. The van der Waals surface area contributed by atoms with E-state index in [2.05, 4.69) is 6.07 Å². The zero-order chi connectivity index (χ0) is 10.9. The number of aliphatic hydroxyl groups excluding tert-OH is 1. The zero-order valence-electron chi connectivity index (χ0n) is 8.99. The van der Waals surface area contributed by atoms with Gasteiger partial charge in [0.25, 0.3) is 0 Å². The monoisotopic (exact) mass is 207 g/mol. The topological polar surface area (TPSA) is 55.5 Å². The summed E-state index contributed by atoms with van der Waals surface area (Å²) in [4.78, 5) is 0. The molecule has 1 unspecified atom stereocenters. The summed E-state index contributed by atoms with van der Waals surface area (Å²) in [6, 6.07) is 6.11. The SMILES string of the molecule is CC(N)(CO)c1ccc2c(c1)CCOC2. The summed E-state index contributed by atoms with van der Waals surface area (Å²) < 4.78 is 5.37. The van der Waals surface area contributed by atoms with E-state index in [0.717, 1.165) is 18.6 Å². The van der Waals surface area contributed by atoms with Gasteiger partial charge >= 0.3 is 0 Å². The van der Waals surface area contributed by atoms with E-state index in [4.69, 9.17) is 10.5 Å². The van der Waals surface area contributed by atoms with Crippen LogP contribution in [0.2, 0.25) is 0 Å². The van der Waals surface area contributed by atoms with Crippen LogP contribution in [0.15, 0.2) is 18.2 Å². The summed E-state index contributed by atoms with van der Waals surface area (Å²) in [5.74, 6) is 0. The lowest BCUT2D eigenvalue weighted by Crippen LogP contribution is -2.37. The molecule has 3 nitrogen and oxygen atoms in total. The van der Waals surface area contributed by atoms with E-state index in [1.54, 1.807) is 0 Å². The van der Waals surface area contributed by atoms with Crippen molar-refractivity contribution >= 4 is 0 Å². The molecule has 0 bridgehead atoms. The number of nitrogens with two attached hydrogens (primary N) is 1. The first-order valence-corrected chi connectivity index (χ1v) is 5.23. The molecule has 0 radical (unpaired) electrons. The van der Waals surface area contributed by atoms with Gasteiger partial charge in [0.05, 0.1) is 25.4 Å². The Bertz CT molecular complexity index is 361. The van der Waals surface area contributed by atoms with E-state index in [0.29, 0.717) is 6.61 Å². The van der Waals surface area contributed by atoms with Gasteiger partial charge in [-0.2, -0.15) is 0 Å². The minimum Gasteiger partial charge on any atom is -0.394 e. The Hall–Kier alpha value is -0.900. The summed E-state index contributed by atoms with van der Waals surface area (Å²) in [6.45, 7) is 3.27. The Morgan fingerprint density at radius 3 is 3.00 bits per heavy atom. The average Bonchev–Trinajstić information content (AvgIpc) is 2.28. The summed E-state index contributed by atoms with van der Waals surface area (Å²) in [5.41, 5.74) is 8.87. The van der Waals surface area contributed by atoms with Gasteiger partial charge in [0.1, 0.15) is 0 Å². The van der Waals surface area contributed by atoms with Crippen molar-refractivity contribution in [1.29, 1.82) is 0 Å². The number of rotatable bonds is 2. The van der Waals surface area contributed by atoms with Crippen molar-refractivity contribution in [3.63, 3.8) is 0 Å². The highest BCUT2D eigenvalue weighted by Gasteiger charge is 2.21. The molecule has 0 saturated carbocycles. The number of fused-ring (bicyclic) bond motifs is 1. The largest absolute Gasteiger partial charge is 0.394 e. The van der Waals surface area contributed by atoms with E-state index in [1.165, 1.54) is 11.1 Å². The first kappa shape index (κ1) is 10.6. The molecule has 0 amide bonds. The van der Waals surface area contributed by atoms with Crippen molar-refractivity contribution in [1.82, 2.24) is 0 Å². The standard InChI is InChI=1S/C12H17NO2/c1-12(13,8-14)11-3-2-10-7-15-5-4-9(10)6-11/h2-3,6,14H,4-5,7-8,13H2,1H3. The van der Waals surface area contributed by atoms with E-state index in [-0.39, 0.29) is 6.61 Å². The van der Waals surface area contributed by atoms with Crippen LogP contribution in [0.5, 0.6) is 0 Å². The smallest absolute Gasteiger partial charge is 0.0719 e. The Morgan fingerprint density at radius 2 is 2.27 bits per heavy atom. The normalized spacial score (nSPS) is 19.4. The van der Waals surface area contributed by atoms with Crippen LogP contribution in [0, 0.1) is 0 Å². The highest BCUT2D eigenvalue weighted by Crippen LogP contribution is 2.23. The van der Waals surface area contributed by atoms with E-state index < -0.39 is 5.54 Å². The van der Waals surface area contributed by atoms with Crippen LogP contribution in [0.1, 0.15) is 23.6 Å². The van der Waals surface area contributed by atoms with Crippen molar-refractivity contribution in [2.45, 2.75) is 25.5 Å². The van der Waals surface area contributed by atoms with E-state index in [1.807, 2.05) is 19.1 Å². The van der Waals surface area contributed by atoms with Gasteiger partial charge in [-0.15, -0.1) is 0 Å². The first-order chi connectivity index (χ1) is 7.13. The lowest BCUT2D eigenvalue weighted by Gasteiger charge is -2.25. The zero-order valence-corrected chi connectivity index (χ0v) is 8.99. The number of hydrogen-bond donors (Lipinski definition) is 2. The van der Waals surface area contributed by atoms with Gasteiger partial charge in [0, 0.05) is 0 Å². The summed E-state index contributed by atoms with van der Waals surface area (Å²) in [6.07, 6.45) is 0.935. The number of ether oxygens (including phenoxy) is 1. The average molecular weight is 207 g/mol. The van der Waals surface area contributed by atoms with Gasteiger partial charge in [-0.1, -0.05) is 18.2 Å². The Balaban J connectivity index is 2.36. The maximum atomic E-state index is 9.20. The Morgan fingerprint density at radius 1 is 1.47 bits per heavy atom. The van der Waals surface area contributed by atoms with Crippen LogP contribution in [0.4, 0.5) is 0 Å². The molecule has 1 aromatic rings. The quantitative estimate of drug-likeness (QED) is 0.758. The van der Waals surface area contributed by atoms with E-state index in [9.17, 15) is 5.11 Å². The highest BCUT2D eigenvalue weighted by atomic mass is 16.5. The molecule has 1 aromatic carbocycles. The summed E-state index contributed by atoms with van der Waals surface area (Å²) in [5, 5.41) is 9.20. The lowest BCUT2D eigenvalue weighted by molar-refractivity contribution is 0.110. The summed E-state index contributed by atoms with van der Waals surface area (Å²) >= 11 is 0. The molecule has 0 saturated heterocycles. The van der Waals surface area contributed by atoms with Crippen LogP contribution < -0.4 is 5.73 Å². The minimum atomic E-state index is -0.646. The predicted molar refractivity (Wildman–Crippen MR) is 58.4 cm³/mol. The third-order valence-corrected chi connectivity index (χ3v) is 2.97. The molecule has 0 fully saturated rings. The fourth-order valence-corrected chi connectivity index (χ4v) is 1.81. The summed E-state index contributed by atoms with van der Waals surface area (Å²) in [7, 11) is 0. The van der Waals surface area contributed by atoms with Crippen LogP contribution in [0.3, 0.4) is 0 Å². The molecule has 0 aromatic heterocycles. The van der Waals surface area contributed by atoms with E-state index >= 15 is 0 Å². The van der Waals surface area contributed by atoms with Gasteiger partial charge in [-0.05, 0) is 30.0 Å². The molecule has 82 valence electrons. The minimum absolute atomic E-state index is 0.0394. The van der Waals surface area contributed by atoms with Gasteiger partial charge in [0.2, 0.25) is 0 Å². The van der Waals surface area contributed by atoms with Crippen LogP contribution in [0.25, 0.3) is 0 Å². The maximum absolute atomic E-state index is 9.20. The second kappa shape index (κ2) is 3.93. The van der Waals surface area contributed by atoms with Gasteiger partial charge in [-0.25, -0.2) is 0 Å². The second-order valence-electron chi connectivity index (χ2n) is 4.36. The fraction of sp³-hybridized carbons (Fsp3) is 0.500. The van der Waals surface area contributed by atoms with Gasteiger partial charge in [-0.3, -0.25) is 0 Å². The van der Waals surface area contributed by atoms with Crippen molar-refractivity contribution in [3.05, 3.63) is 34.9 Å². The van der Waals surface area contributed by atoms with Gasteiger partial charge in [0.15, 0.2) is 0 Å². The third-order valence-electron chi connectivity index (χ3n) is 2.97. The van der Waals surface area contributed by atoms with Crippen LogP contribution in [-0.2, 0) is 23.3 Å². The third kappa shape index (κ3) is 2.04. The highest BCUT2D eigenvalue weighted by molar-refractivity contribution is 5.36. The van der Waals surface area contributed by atoms with Crippen LogP contribution in [-0.4, -0.2) is 18.3 Å². The molecule has 1 aliphatic rings. The molecular weight excluding hydrogens is 190 g/mol. The second-order valence-corrected chi connectivity index (χ2v) is 4.36. The molecule has 1 atom stereocenters. The van der Waals surface area contributed by atoms with Crippen LogP contribution >= 0.6 is 0 Å². The molecule has 2 rings (SSSR count). The number of aliphatic hydroxyl groups is 1. The molecule has 0 aliphatic carbocycles. The lowest BCUT2D eigenvalue weighted by atomic mass is 9.90. The molecule has 1 aliphatic heterocycles. The van der Waals surface area contributed by atoms with Crippen molar-refractivity contribution in [3.8, 4) is 0 Å².